The number of hydrogen-bond acceptors (Lipinski definition) is 4. The van der Waals surface area contributed by atoms with Crippen molar-refractivity contribution in [1.29, 1.82) is 0 Å². The van der Waals surface area contributed by atoms with Crippen LogP contribution in [-0.2, 0) is 9.53 Å². The fraction of sp³-hybridized carbons (Fsp3) is 0.429. The standard InChI is InChI=1S/C14H18N2O4/c1-20-14(19)15-11-7-10(13(17)18)8-16(9-11)12-5-3-2-4-6-12/h2-6,10-11H,7-9H2,1H3,(H,15,19)(H,17,18). The second-order valence-corrected chi connectivity index (χ2v) is 4.84. The molecule has 0 radical (unpaired) electrons. The number of amides is 1. The molecule has 1 aromatic carbocycles. The van der Waals surface area contributed by atoms with Crippen LogP contribution < -0.4 is 10.2 Å². The molecule has 2 N–H and O–H groups in total. The number of nitrogens with one attached hydrogen (secondary N) is 1. The van der Waals surface area contributed by atoms with Gasteiger partial charge in [-0.25, -0.2) is 4.79 Å². The molecule has 0 bridgehead atoms. The number of carboxylic acids is 1. The molecule has 1 saturated heterocycles. The summed E-state index contributed by atoms with van der Waals surface area (Å²) in [5.74, 6) is -1.35. The average Bonchev–Trinajstić information content (AvgIpc) is 2.47. The van der Waals surface area contributed by atoms with Gasteiger partial charge in [-0.15, -0.1) is 0 Å². The van der Waals surface area contributed by atoms with Gasteiger partial charge in [0.15, 0.2) is 0 Å². The Hall–Kier alpha value is -2.24. The van der Waals surface area contributed by atoms with E-state index in [1.165, 1.54) is 7.11 Å². The zero-order valence-electron chi connectivity index (χ0n) is 11.3. The SMILES string of the molecule is COC(=O)NC1CC(C(=O)O)CN(c2ccccc2)C1. The Morgan fingerprint density at radius 3 is 2.60 bits per heavy atom. The highest BCUT2D eigenvalue weighted by atomic mass is 16.5. The van der Waals surface area contributed by atoms with Crippen molar-refractivity contribution in [2.24, 2.45) is 5.92 Å². The maximum Gasteiger partial charge on any atom is 0.407 e. The van der Waals surface area contributed by atoms with Crippen LogP contribution >= 0.6 is 0 Å². The van der Waals surface area contributed by atoms with Crippen LogP contribution in [0.4, 0.5) is 10.5 Å². The number of carbonyl (C=O) groups excluding carboxylic acids is 1. The first kappa shape index (κ1) is 14.2. The summed E-state index contributed by atoms with van der Waals surface area (Å²) < 4.78 is 4.57. The van der Waals surface area contributed by atoms with Crippen LogP contribution in [0.5, 0.6) is 0 Å². The smallest absolute Gasteiger partial charge is 0.407 e. The summed E-state index contributed by atoms with van der Waals surface area (Å²) in [5.41, 5.74) is 0.954. The van der Waals surface area contributed by atoms with Gasteiger partial charge in [-0.3, -0.25) is 4.79 Å². The number of anilines is 1. The number of hydrogen-bond donors (Lipinski definition) is 2. The number of para-hydroxylation sites is 1. The Morgan fingerprint density at radius 1 is 1.30 bits per heavy atom. The molecule has 2 atom stereocenters. The van der Waals surface area contributed by atoms with Crippen molar-refractivity contribution in [2.45, 2.75) is 12.5 Å². The minimum absolute atomic E-state index is 0.238. The fourth-order valence-corrected chi connectivity index (χ4v) is 2.46. The second kappa shape index (κ2) is 6.27. The third kappa shape index (κ3) is 3.40. The molecule has 0 aliphatic carbocycles. The summed E-state index contributed by atoms with van der Waals surface area (Å²) in [6.45, 7) is 1.02. The first-order valence-corrected chi connectivity index (χ1v) is 6.47. The second-order valence-electron chi connectivity index (χ2n) is 4.84. The lowest BCUT2D eigenvalue weighted by atomic mass is 9.94. The Balaban J connectivity index is 2.12. The minimum atomic E-state index is -0.845. The largest absolute Gasteiger partial charge is 0.481 e. The van der Waals surface area contributed by atoms with Gasteiger partial charge in [-0.1, -0.05) is 18.2 Å². The molecule has 1 aromatic rings. The van der Waals surface area contributed by atoms with Crippen molar-refractivity contribution >= 4 is 17.7 Å². The number of nitrogens with zero attached hydrogens (tertiary/aromatic N) is 1. The van der Waals surface area contributed by atoms with E-state index >= 15 is 0 Å². The van der Waals surface area contributed by atoms with Crippen LogP contribution in [0.15, 0.2) is 30.3 Å². The molecule has 108 valence electrons. The molecule has 6 heteroatoms. The highest BCUT2D eigenvalue weighted by Crippen LogP contribution is 2.23. The van der Waals surface area contributed by atoms with Gasteiger partial charge >= 0.3 is 12.1 Å². The van der Waals surface area contributed by atoms with Gasteiger partial charge in [-0.05, 0) is 18.6 Å². The van der Waals surface area contributed by atoms with Crippen molar-refractivity contribution < 1.29 is 19.4 Å². The van der Waals surface area contributed by atoms with Crippen molar-refractivity contribution in [3.05, 3.63) is 30.3 Å². The van der Waals surface area contributed by atoms with Crippen molar-refractivity contribution in [3.8, 4) is 0 Å². The van der Waals surface area contributed by atoms with Crippen molar-refractivity contribution in [1.82, 2.24) is 5.32 Å². The van der Waals surface area contributed by atoms with Gasteiger partial charge in [0.2, 0.25) is 0 Å². The predicted octanol–water partition coefficient (Wildman–Crippen LogP) is 1.32. The van der Waals surface area contributed by atoms with Gasteiger partial charge in [0.05, 0.1) is 19.1 Å². The van der Waals surface area contributed by atoms with Crippen LogP contribution in [-0.4, -0.2) is 43.4 Å². The van der Waals surface area contributed by atoms with Gasteiger partial charge in [0.25, 0.3) is 0 Å². The Morgan fingerprint density at radius 2 is 2.00 bits per heavy atom. The van der Waals surface area contributed by atoms with Crippen molar-refractivity contribution in [2.75, 3.05) is 25.1 Å². The normalized spacial score (nSPS) is 22.1. The molecule has 0 saturated carbocycles. The lowest BCUT2D eigenvalue weighted by Crippen LogP contribution is -2.52. The van der Waals surface area contributed by atoms with Gasteiger partial charge < -0.3 is 20.1 Å². The summed E-state index contributed by atoms with van der Waals surface area (Å²) in [5, 5.41) is 11.9. The molecule has 1 aliphatic rings. The van der Waals surface area contributed by atoms with Crippen LogP contribution in [0.1, 0.15) is 6.42 Å². The van der Waals surface area contributed by atoms with Crippen molar-refractivity contribution in [3.63, 3.8) is 0 Å². The van der Waals surface area contributed by atoms with Crippen LogP contribution in [0.3, 0.4) is 0 Å². The quantitative estimate of drug-likeness (QED) is 0.872. The van der Waals surface area contributed by atoms with Gasteiger partial charge in [0.1, 0.15) is 0 Å². The minimum Gasteiger partial charge on any atom is -0.481 e. The molecule has 0 spiro atoms. The number of piperidine rings is 1. The third-order valence-electron chi connectivity index (χ3n) is 3.43. The first-order chi connectivity index (χ1) is 9.60. The Bertz CT molecular complexity index is 477. The Labute approximate surface area is 117 Å². The monoisotopic (exact) mass is 278 g/mol. The highest BCUT2D eigenvalue weighted by Gasteiger charge is 2.32. The van der Waals surface area contributed by atoms with E-state index in [0.29, 0.717) is 19.5 Å². The molecule has 1 aliphatic heterocycles. The van der Waals surface area contributed by atoms with E-state index in [2.05, 4.69) is 10.1 Å². The fourth-order valence-electron chi connectivity index (χ4n) is 2.46. The Kier molecular flexibility index (Phi) is 4.45. The molecule has 1 heterocycles. The number of carbonyl (C=O) groups is 2. The predicted molar refractivity (Wildman–Crippen MR) is 73.7 cm³/mol. The molecule has 1 fully saturated rings. The maximum absolute atomic E-state index is 11.3. The van der Waals surface area contributed by atoms with E-state index in [0.717, 1.165) is 5.69 Å². The zero-order chi connectivity index (χ0) is 14.5. The van der Waals surface area contributed by atoms with E-state index < -0.39 is 18.0 Å². The number of aliphatic carboxylic acids is 1. The molecule has 1 amide bonds. The number of benzene rings is 1. The number of carboxylic acid groups (broad SMARTS) is 1. The van der Waals surface area contributed by atoms with Gasteiger partial charge in [-0.2, -0.15) is 0 Å². The molecule has 0 aromatic heterocycles. The lowest BCUT2D eigenvalue weighted by molar-refractivity contribution is -0.142. The number of methoxy groups -OCH3 is 1. The van der Waals surface area contributed by atoms with E-state index in [4.69, 9.17) is 0 Å². The number of alkyl carbamates (subject to hydrolysis) is 1. The highest BCUT2D eigenvalue weighted by molar-refractivity contribution is 5.72. The lowest BCUT2D eigenvalue weighted by Gasteiger charge is -2.37. The number of ether oxygens (including phenoxy) is 1. The summed E-state index contributed by atoms with van der Waals surface area (Å²) >= 11 is 0. The molecule has 2 unspecified atom stereocenters. The van der Waals surface area contributed by atoms with E-state index in [1.54, 1.807) is 0 Å². The molecule has 6 nitrogen and oxygen atoms in total. The summed E-state index contributed by atoms with van der Waals surface area (Å²) in [6.07, 6.45) is -0.123. The van der Waals surface area contributed by atoms with E-state index in [-0.39, 0.29) is 6.04 Å². The first-order valence-electron chi connectivity index (χ1n) is 6.47. The third-order valence-corrected chi connectivity index (χ3v) is 3.43. The molecule has 20 heavy (non-hydrogen) atoms. The summed E-state index contributed by atoms with van der Waals surface area (Å²) in [4.78, 5) is 24.5. The van der Waals surface area contributed by atoms with E-state index in [9.17, 15) is 14.7 Å². The summed E-state index contributed by atoms with van der Waals surface area (Å²) in [6, 6.07) is 9.34. The topological polar surface area (TPSA) is 78.9 Å². The molecule has 2 rings (SSSR count). The van der Waals surface area contributed by atoms with Crippen LogP contribution in [0.25, 0.3) is 0 Å². The number of rotatable bonds is 3. The summed E-state index contributed by atoms with van der Waals surface area (Å²) in [7, 11) is 1.29. The van der Waals surface area contributed by atoms with Crippen LogP contribution in [0, 0.1) is 5.92 Å². The average molecular weight is 278 g/mol. The molecular formula is C14H18N2O4. The molecular weight excluding hydrogens is 260 g/mol. The van der Waals surface area contributed by atoms with E-state index in [1.807, 2.05) is 35.2 Å². The zero-order valence-corrected chi connectivity index (χ0v) is 11.3. The van der Waals surface area contributed by atoms with Crippen LogP contribution in [0.2, 0.25) is 0 Å². The van der Waals surface area contributed by atoms with Gasteiger partial charge in [0, 0.05) is 18.8 Å². The maximum atomic E-state index is 11.3.